The first kappa shape index (κ1) is 23.3. The number of carbonyl (C=O) groups is 1. The van der Waals surface area contributed by atoms with Crippen molar-refractivity contribution in [2.45, 2.75) is 50.4 Å². The van der Waals surface area contributed by atoms with Crippen LogP contribution in [0.1, 0.15) is 49.0 Å². The Morgan fingerprint density at radius 1 is 0.971 bits per heavy atom. The maximum atomic E-state index is 15.2. The minimum Gasteiger partial charge on any atom is -0.368 e. The molecule has 0 aromatic heterocycles. The summed E-state index contributed by atoms with van der Waals surface area (Å²) in [5, 5.41) is -0.595. The first-order chi connectivity index (χ1) is 16.3. The van der Waals surface area contributed by atoms with Gasteiger partial charge >= 0.3 is 0 Å². The number of piperazine rings is 1. The molecule has 3 fully saturated rings. The van der Waals surface area contributed by atoms with E-state index in [2.05, 4.69) is 4.90 Å². The Labute approximate surface area is 201 Å². The topological polar surface area (TPSA) is 60.9 Å². The van der Waals surface area contributed by atoms with Crippen molar-refractivity contribution in [2.24, 2.45) is 5.92 Å². The van der Waals surface area contributed by atoms with Crippen molar-refractivity contribution in [3.8, 4) is 0 Å². The van der Waals surface area contributed by atoms with Gasteiger partial charge in [-0.1, -0.05) is 36.4 Å². The van der Waals surface area contributed by atoms with Crippen LogP contribution < -0.4 is 4.90 Å². The third kappa shape index (κ3) is 4.58. The number of halogens is 1. The smallest absolute Gasteiger partial charge is 0.225 e. The highest BCUT2D eigenvalue weighted by atomic mass is 32.2. The number of benzene rings is 2. The summed E-state index contributed by atoms with van der Waals surface area (Å²) in [6.07, 6.45) is 3.31. The Bertz CT molecular complexity index is 1150. The molecule has 6 nitrogen and oxygen atoms in total. The van der Waals surface area contributed by atoms with E-state index >= 15 is 4.39 Å². The Morgan fingerprint density at radius 3 is 2.32 bits per heavy atom. The lowest BCUT2D eigenvalue weighted by Crippen LogP contribution is -2.49. The highest BCUT2D eigenvalue weighted by Gasteiger charge is 2.40. The van der Waals surface area contributed by atoms with Crippen molar-refractivity contribution in [1.82, 2.24) is 9.21 Å². The summed E-state index contributed by atoms with van der Waals surface area (Å²) in [5.74, 6) is 0.0864. The number of hydrogen-bond donors (Lipinski definition) is 0. The van der Waals surface area contributed by atoms with Gasteiger partial charge in [-0.3, -0.25) is 4.79 Å². The van der Waals surface area contributed by atoms with E-state index in [-0.39, 0.29) is 24.4 Å². The summed E-state index contributed by atoms with van der Waals surface area (Å²) in [4.78, 5) is 16.3. The molecule has 3 aliphatic rings. The van der Waals surface area contributed by atoms with E-state index in [0.717, 1.165) is 30.5 Å². The quantitative estimate of drug-likeness (QED) is 0.644. The number of nitrogens with zero attached hydrogens (tertiary/aromatic N) is 3. The van der Waals surface area contributed by atoms with E-state index in [4.69, 9.17) is 0 Å². The second kappa shape index (κ2) is 9.30. The molecular weight excluding hydrogens is 453 g/mol. The van der Waals surface area contributed by atoms with Crippen molar-refractivity contribution < 1.29 is 17.6 Å². The van der Waals surface area contributed by atoms with Crippen LogP contribution in [0.3, 0.4) is 0 Å². The van der Waals surface area contributed by atoms with Gasteiger partial charge in [0.1, 0.15) is 11.1 Å². The zero-order valence-corrected chi connectivity index (χ0v) is 20.4. The SMILES string of the molecule is C[C@H]1CCC(c2ccccc2)S(=O)(=O)N1Cc1ccc(N2CCN(C(=O)C3CC3)CC2)cc1F. The third-order valence-electron chi connectivity index (χ3n) is 7.44. The largest absolute Gasteiger partial charge is 0.368 e. The van der Waals surface area contributed by atoms with Crippen molar-refractivity contribution in [1.29, 1.82) is 0 Å². The van der Waals surface area contributed by atoms with Crippen molar-refractivity contribution in [2.75, 3.05) is 31.1 Å². The lowest BCUT2D eigenvalue weighted by atomic mass is 10.0. The highest BCUT2D eigenvalue weighted by Crippen LogP contribution is 2.38. The van der Waals surface area contributed by atoms with Crippen LogP contribution in [0, 0.1) is 11.7 Å². The Hall–Kier alpha value is -2.45. The molecule has 34 heavy (non-hydrogen) atoms. The monoisotopic (exact) mass is 485 g/mol. The van der Waals surface area contributed by atoms with Gasteiger partial charge in [-0.25, -0.2) is 12.8 Å². The summed E-state index contributed by atoms with van der Waals surface area (Å²) >= 11 is 0. The maximum Gasteiger partial charge on any atom is 0.225 e. The fourth-order valence-corrected chi connectivity index (χ4v) is 7.34. The van der Waals surface area contributed by atoms with Gasteiger partial charge in [0.15, 0.2) is 0 Å². The zero-order valence-electron chi connectivity index (χ0n) is 19.6. The van der Waals surface area contributed by atoms with E-state index in [1.54, 1.807) is 6.07 Å². The fraction of sp³-hybridized carbons (Fsp3) is 0.500. The van der Waals surface area contributed by atoms with Gasteiger partial charge < -0.3 is 9.80 Å². The number of sulfonamides is 1. The summed E-state index contributed by atoms with van der Waals surface area (Å²) in [6.45, 7) is 4.59. The molecule has 2 aromatic rings. The molecule has 1 saturated carbocycles. The Morgan fingerprint density at radius 2 is 1.68 bits per heavy atom. The van der Waals surface area contributed by atoms with Gasteiger partial charge in [-0.2, -0.15) is 4.31 Å². The van der Waals surface area contributed by atoms with Crippen LogP contribution in [-0.4, -0.2) is 55.8 Å². The van der Waals surface area contributed by atoms with Crippen LogP contribution in [0.25, 0.3) is 0 Å². The minimum atomic E-state index is -3.61. The van der Waals surface area contributed by atoms with E-state index in [0.29, 0.717) is 38.2 Å². The summed E-state index contributed by atoms with van der Waals surface area (Å²) in [6, 6.07) is 14.2. The molecule has 182 valence electrons. The van der Waals surface area contributed by atoms with Crippen LogP contribution >= 0.6 is 0 Å². The third-order valence-corrected chi connectivity index (χ3v) is 9.81. The first-order valence-electron chi connectivity index (χ1n) is 12.2. The van der Waals surface area contributed by atoms with E-state index in [1.165, 1.54) is 10.4 Å². The van der Waals surface area contributed by atoms with Gasteiger partial charge in [-0.15, -0.1) is 0 Å². The van der Waals surface area contributed by atoms with Gasteiger partial charge in [0.2, 0.25) is 15.9 Å². The van der Waals surface area contributed by atoms with Crippen LogP contribution in [0.2, 0.25) is 0 Å². The Kier molecular flexibility index (Phi) is 6.37. The molecule has 2 atom stereocenters. The molecule has 0 bridgehead atoms. The number of carbonyl (C=O) groups excluding carboxylic acids is 1. The molecule has 2 saturated heterocycles. The lowest BCUT2D eigenvalue weighted by molar-refractivity contribution is -0.132. The molecular formula is C26H32FN3O3S. The molecule has 2 aliphatic heterocycles. The lowest BCUT2D eigenvalue weighted by Gasteiger charge is -2.38. The van der Waals surface area contributed by atoms with Crippen LogP contribution in [0.15, 0.2) is 48.5 Å². The summed E-state index contributed by atoms with van der Waals surface area (Å²) < 4.78 is 43.5. The van der Waals surface area contributed by atoms with Crippen LogP contribution in [0.4, 0.5) is 10.1 Å². The average molecular weight is 486 g/mol. The molecule has 5 rings (SSSR count). The molecule has 1 unspecified atom stereocenters. The predicted molar refractivity (Wildman–Crippen MR) is 130 cm³/mol. The van der Waals surface area contributed by atoms with Gasteiger partial charge in [0.25, 0.3) is 0 Å². The summed E-state index contributed by atoms with van der Waals surface area (Å²) in [5.41, 5.74) is 1.95. The standard InChI is InChI=1S/C26H32FN3O3S/c1-19-7-12-25(20-5-3-2-4-6-20)34(32,33)30(19)18-22-10-11-23(17-24(22)27)28-13-15-29(16-14-28)26(31)21-8-9-21/h2-6,10-11,17,19,21,25H,7-9,12-16,18H2,1H3/t19-,25?/m0/s1. The molecule has 0 N–H and O–H groups in total. The molecule has 0 spiro atoms. The van der Waals surface area contributed by atoms with Gasteiger partial charge in [0.05, 0.1) is 0 Å². The number of rotatable bonds is 5. The van der Waals surface area contributed by atoms with Crippen molar-refractivity contribution in [3.63, 3.8) is 0 Å². The maximum absolute atomic E-state index is 15.2. The Balaban J connectivity index is 1.28. The summed E-state index contributed by atoms with van der Waals surface area (Å²) in [7, 11) is -3.61. The van der Waals surface area contributed by atoms with E-state index < -0.39 is 21.1 Å². The average Bonchev–Trinajstić information content (AvgIpc) is 3.68. The predicted octanol–water partition coefficient (Wildman–Crippen LogP) is 3.94. The minimum absolute atomic E-state index is 0.0304. The molecule has 1 aliphatic carbocycles. The number of hydrogen-bond acceptors (Lipinski definition) is 4. The molecule has 0 radical (unpaired) electrons. The van der Waals surface area contributed by atoms with Crippen LogP contribution in [-0.2, 0) is 21.4 Å². The second-order valence-electron chi connectivity index (χ2n) is 9.78. The van der Waals surface area contributed by atoms with Crippen LogP contribution in [0.5, 0.6) is 0 Å². The van der Waals surface area contributed by atoms with E-state index in [1.807, 2.05) is 48.2 Å². The van der Waals surface area contributed by atoms with E-state index in [9.17, 15) is 13.2 Å². The molecule has 2 aromatic carbocycles. The van der Waals surface area contributed by atoms with Crippen molar-refractivity contribution in [3.05, 3.63) is 65.5 Å². The first-order valence-corrected chi connectivity index (χ1v) is 13.7. The van der Waals surface area contributed by atoms with Crippen molar-refractivity contribution >= 4 is 21.6 Å². The number of anilines is 1. The molecule has 8 heteroatoms. The second-order valence-corrected chi connectivity index (χ2v) is 11.8. The number of amides is 1. The van der Waals surface area contributed by atoms with Gasteiger partial charge in [0, 0.05) is 55.9 Å². The molecule has 2 heterocycles. The highest BCUT2D eigenvalue weighted by molar-refractivity contribution is 7.89. The fourth-order valence-electron chi connectivity index (χ4n) is 5.15. The molecule has 1 amide bonds. The zero-order chi connectivity index (χ0) is 23.9. The van der Waals surface area contributed by atoms with Gasteiger partial charge in [-0.05, 0) is 50.3 Å². The normalized spacial score (nSPS) is 25.4.